The number of aromatic nitrogens is 3. The summed E-state index contributed by atoms with van der Waals surface area (Å²) in [5.74, 6) is -1.94. The zero-order chi connectivity index (χ0) is 35.1. The van der Waals surface area contributed by atoms with Crippen LogP contribution in [0.15, 0.2) is 36.5 Å². The molecule has 1 aromatic carbocycles. The Morgan fingerprint density at radius 1 is 1.00 bits per heavy atom. The third-order valence-corrected chi connectivity index (χ3v) is 13.5. The number of rotatable bonds is 7. The number of nitrogens with zero attached hydrogens (tertiary/aromatic N) is 3. The van der Waals surface area contributed by atoms with Gasteiger partial charge in [0.25, 0.3) is 0 Å². The van der Waals surface area contributed by atoms with E-state index in [4.69, 9.17) is 9.47 Å². The van der Waals surface area contributed by atoms with Crippen molar-refractivity contribution in [2.24, 2.45) is 28.6 Å². The molecule has 2 aromatic rings. The van der Waals surface area contributed by atoms with Crippen molar-refractivity contribution in [2.75, 3.05) is 6.61 Å². The standard InChI is InChI=1S/C35H51N3O11/c1-18-27(42)29(44)30(45)31(48-18)49-20-12-25(41)34(17-39)26-21(8-10-33(34,46)13-20)35(47)11-9-22(32(35,2)14-24(26)40)28(43)23-16-38(37-36-23)15-19-6-4-3-5-7-19/h3-7,16,18,20-22,24-31,39-47H,8-15,17H2,1-2H3/t18-,20-,21?,22+,24+,25+,26?,27-,28?,29+,30+,31-,32+,33-,34+,35-/m0/s1. The lowest BCUT2D eigenvalue weighted by Gasteiger charge is -2.68. The molecule has 0 amide bonds. The van der Waals surface area contributed by atoms with Crippen LogP contribution in [0.1, 0.15) is 76.2 Å². The summed E-state index contributed by atoms with van der Waals surface area (Å²) in [5, 5.41) is 111. The molecular formula is C35H51N3O11. The molecular weight excluding hydrogens is 638 g/mol. The van der Waals surface area contributed by atoms with Crippen molar-refractivity contribution in [3.8, 4) is 0 Å². The molecule has 1 aliphatic heterocycles. The molecule has 49 heavy (non-hydrogen) atoms. The van der Waals surface area contributed by atoms with E-state index >= 15 is 0 Å². The second-order valence-corrected chi connectivity index (χ2v) is 15.8. The zero-order valence-corrected chi connectivity index (χ0v) is 27.9. The molecule has 9 N–H and O–H groups in total. The summed E-state index contributed by atoms with van der Waals surface area (Å²) in [6.07, 6.45) is -8.18. The molecule has 16 atom stereocenters. The maximum Gasteiger partial charge on any atom is 0.186 e. The molecule has 4 aliphatic carbocycles. The van der Waals surface area contributed by atoms with E-state index in [0.29, 0.717) is 25.1 Å². The van der Waals surface area contributed by atoms with E-state index in [0.717, 1.165) is 5.56 Å². The van der Waals surface area contributed by atoms with Crippen LogP contribution in [0.2, 0.25) is 0 Å². The van der Waals surface area contributed by atoms with E-state index in [1.165, 1.54) is 6.92 Å². The fourth-order valence-corrected chi connectivity index (χ4v) is 11.0. The molecule has 272 valence electrons. The van der Waals surface area contributed by atoms with Gasteiger partial charge in [-0.25, -0.2) is 4.68 Å². The average Bonchev–Trinajstić information content (AvgIpc) is 3.64. The van der Waals surface area contributed by atoms with E-state index in [2.05, 4.69) is 10.3 Å². The average molecular weight is 690 g/mol. The first-order chi connectivity index (χ1) is 23.2. The Hall–Kier alpha value is -2.08. The molecule has 1 aromatic heterocycles. The van der Waals surface area contributed by atoms with Crippen LogP contribution < -0.4 is 0 Å². The first-order valence-electron chi connectivity index (χ1n) is 17.6. The smallest absolute Gasteiger partial charge is 0.186 e. The molecule has 0 spiro atoms. The number of fused-ring (bicyclic) bond motifs is 5. The van der Waals surface area contributed by atoms with E-state index in [9.17, 15) is 46.0 Å². The molecule has 2 heterocycles. The van der Waals surface area contributed by atoms with Gasteiger partial charge in [0, 0.05) is 24.2 Å². The monoisotopic (exact) mass is 689 g/mol. The fraction of sp³-hybridized carbons (Fsp3) is 0.771. The minimum absolute atomic E-state index is 0.0597. The van der Waals surface area contributed by atoms with Crippen molar-refractivity contribution in [1.29, 1.82) is 0 Å². The van der Waals surface area contributed by atoms with Crippen molar-refractivity contribution >= 4 is 0 Å². The Kier molecular flexibility index (Phi) is 9.05. The molecule has 0 radical (unpaired) electrons. The van der Waals surface area contributed by atoms with Gasteiger partial charge in [-0.15, -0.1) is 5.10 Å². The van der Waals surface area contributed by atoms with Crippen molar-refractivity contribution in [3.63, 3.8) is 0 Å². The van der Waals surface area contributed by atoms with Crippen LogP contribution in [0.3, 0.4) is 0 Å². The summed E-state index contributed by atoms with van der Waals surface area (Å²) in [4.78, 5) is 0. The Morgan fingerprint density at radius 3 is 2.45 bits per heavy atom. The van der Waals surface area contributed by atoms with E-state index in [1.807, 2.05) is 37.3 Å². The van der Waals surface area contributed by atoms with Gasteiger partial charge in [0.15, 0.2) is 6.29 Å². The van der Waals surface area contributed by atoms with Crippen LogP contribution in [0.5, 0.6) is 0 Å². The van der Waals surface area contributed by atoms with Crippen molar-refractivity contribution in [2.45, 2.75) is 132 Å². The predicted octanol–water partition coefficient (Wildman–Crippen LogP) is -0.625. The topological polar surface area (TPSA) is 231 Å². The predicted molar refractivity (Wildman–Crippen MR) is 170 cm³/mol. The van der Waals surface area contributed by atoms with Crippen molar-refractivity contribution in [3.05, 3.63) is 47.8 Å². The molecule has 1 saturated heterocycles. The minimum Gasteiger partial charge on any atom is -0.396 e. The van der Waals surface area contributed by atoms with Gasteiger partial charge < -0.3 is 55.4 Å². The molecule has 5 aliphatic rings. The highest BCUT2D eigenvalue weighted by atomic mass is 16.7. The van der Waals surface area contributed by atoms with Gasteiger partial charge in [0.05, 0.1) is 60.4 Å². The first-order valence-corrected chi connectivity index (χ1v) is 17.6. The van der Waals surface area contributed by atoms with E-state index < -0.39 is 102 Å². The SMILES string of the molecule is C[C@@H]1O[C@@H](O[C@H]2C[C@@H](O)[C@]3(CO)C4C(CC[C@]3(O)C2)[C@@]2(O)CC[C@H](C(O)c3cn(Cc5ccccc5)nn3)[C@@]2(C)C[C@H]4O)[C@H](O)[C@H](O)[C@H]1O. The second kappa shape index (κ2) is 12.6. The Morgan fingerprint density at radius 2 is 1.73 bits per heavy atom. The lowest BCUT2D eigenvalue weighted by molar-refractivity contribution is -0.343. The van der Waals surface area contributed by atoms with Gasteiger partial charge in [-0.3, -0.25) is 0 Å². The van der Waals surface area contributed by atoms with Gasteiger partial charge in [-0.05, 0) is 56.4 Å². The third kappa shape index (κ3) is 5.25. The first kappa shape index (κ1) is 35.3. The highest BCUT2D eigenvalue weighted by Crippen LogP contribution is 2.71. The number of hydrogen-bond donors (Lipinski definition) is 9. The van der Waals surface area contributed by atoms with Crippen LogP contribution in [0.4, 0.5) is 0 Å². The Balaban J connectivity index is 1.12. The lowest BCUT2D eigenvalue weighted by Crippen LogP contribution is -2.76. The summed E-state index contributed by atoms with van der Waals surface area (Å²) >= 11 is 0. The Labute approximate surface area is 284 Å². The minimum atomic E-state index is -1.71. The maximum absolute atomic E-state index is 12.7. The van der Waals surface area contributed by atoms with E-state index in [1.54, 1.807) is 10.9 Å². The normalized spacial score (nSPS) is 48.8. The van der Waals surface area contributed by atoms with Gasteiger partial charge >= 0.3 is 0 Å². The summed E-state index contributed by atoms with van der Waals surface area (Å²) in [5.41, 5.74) is -4.24. The number of benzene rings is 1. The molecule has 14 heteroatoms. The summed E-state index contributed by atoms with van der Waals surface area (Å²) < 4.78 is 13.3. The summed E-state index contributed by atoms with van der Waals surface area (Å²) in [6, 6.07) is 9.76. The molecule has 4 saturated carbocycles. The Bertz CT molecular complexity index is 1480. The van der Waals surface area contributed by atoms with Crippen molar-refractivity contribution < 1.29 is 55.4 Å². The zero-order valence-electron chi connectivity index (χ0n) is 27.9. The molecule has 0 bridgehead atoms. The number of hydrogen-bond acceptors (Lipinski definition) is 13. The highest BCUT2D eigenvalue weighted by Gasteiger charge is 2.75. The van der Waals surface area contributed by atoms with Crippen LogP contribution in [-0.4, -0.2) is 128 Å². The van der Waals surface area contributed by atoms with Gasteiger partial charge in [0.2, 0.25) is 0 Å². The molecule has 3 unspecified atom stereocenters. The quantitative estimate of drug-likeness (QED) is 0.165. The molecule has 14 nitrogen and oxygen atoms in total. The number of ether oxygens (including phenoxy) is 2. The van der Waals surface area contributed by atoms with Crippen LogP contribution >= 0.6 is 0 Å². The van der Waals surface area contributed by atoms with Gasteiger partial charge in [0.1, 0.15) is 30.1 Å². The second-order valence-electron chi connectivity index (χ2n) is 15.8. The number of aliphatic hydroxyl groups is 9. The fourth-order valence-electron chi connectivity index (χ4n) is 11.0. The molecule has 7 rings (SSSR count). The summed E-state index contributed by atoms with van der Waals surface area (Å²) in [6.45, 7) is 3.25. The van der Waals surface area contributed by atoms with Crippen LogP contribution in [0.25, 0.3) is 0 Å². The van der Waals surface area contributed by atoms with Crippen molar-refractivity contribution in [1.82, 2.24) is 15.0 Å². The largest absolute Gasteiger partial charge is 0.396 e. The van der Waals surface area contributed by atoms with E-state index in [-0.39, 0.29) is 32.1 Å². The van der Waals surface area contributed by atoms with Crippen LogP contribution in [0, 0.1) is 28.6 Å². The maximum atomic E-state index is 12.7. The highest BCUT2D eigenvalue weighted by molar-refractivity contribution is 5.25. The summed E-state index contributed by atoms with van der Waals surface area (Å²) in [7, 11) is 0. The molecule has 5 fully saturated rings. The van der Waals surface area contributed by atoms with Gasteiger partial charge in [-0.1, -0.05) is 42.5 Å². The number of aliphatic hydroxyl groups excluding tert-OH is 7. The lowest BCUT2D eigenvalue weighted by atomic mass is 9.40. The third-order valence-electron chi connectivity index (χ3n) is 13.5. The van der Waals surface area contributed by atoms with Gasteiger partial charge in [-0.2, -0.15) is 0 Å². The van der Waals surface area contributed by atoms with Crippen LogP contribution in [-0.2, 0) is 16.0 Å².